The first kappa shape index (κ1) is 14.1. The molecular weight excluding hydrogens is 260 g/mol. The number of thioether (sulfide) groups is 1. The lowest BCUT2D eigenvalue weighted by molar-refractivity contribution is -0.119. The van der Waals surface area contributed by atoms with E-state index in [1.165, 1.54) is 11.8 Å². The molecule has 1 aromatic heterocycles. The summed E-state index contributed by atoms with van der Waals surface area (Å²) in [6, 6.07) is 1.64. The molecule has 0 aromatic carbocycles. The Bertz CT molecular complexity index is 402. The van der Waals surface area contributed by atoms with E-state index in [-0.39, 0.29) is 12.5 Å². The van der Waals surface area contributed by atoms with Crippen molar-refractivity contribution in [2.45, 2.75) is 12.1 Å². The van der Waals surface area contributed by atoms with Crippen molar-refractivity contribution in [3.8, 4) is 0 Å². The number of aromatic nitrogens is 2. The lowest BCUT2D eigenvalue weighted by Gasteiger charge is -2.17. The molecule has 0 saturated carbocycles. The summed E-state index contributed by atoms with van der Waals surface area (Å²) in [7, 11) is 1.79. The molecule has 1 heterocycles. The molecule has 0 aliphatic carbocycles. The van der Waals surface area contributed by atoms with Gasteiger partial charge in [-0.2, -0.15) is 0 Å². The third-order valence-corrected chi connectivity index (χ3v) is 2.73. The third kappa shape index (κ3) is 4.40. The number of halogens is 1. The van der Waals surface area contributed by atoms with Crippen LogP contribution in [-0.2, 0) is 4.79 Å². The molecule has 0 spiro atoms. The van der Waals surface area contributed by atoms with Gasteiger partial charge in [-0.25, -0.2) is 9.97 Å². The number of carbonyl (C=O) groups excluding carboxylic acids is 1. The van der Waals surface area contributed by atoms with E-state index in [0.717, 1.165) is 0 Å². The molecule has 0 aliphatic heterocycles. The van der Waals surface area contributed by atoms with Crippen LogP contribution in [0.5, 0.6) is 0 Å². The second kappa shape index (κ2) is 6.66. The van der Waals surface area contributed by atoms with Crippen molar-refractivity contribution in [3.63, 3.8) is 0 Å². The minimum Gasteiger partial charge on any atom is -0.355 e. The molecule has 1 rings (SSSR count). The summed E-state index contributed by atoms with van der Waals surface area (Å²) in [5, 5.41) is 3.70. The molecule has 0 radical (unpaired) electrons. The predicted octanol–water partition coefficient (Wildman–Crippen LogP) is 1.42. The van der Waals surface area contributed by atoms with Crippen LogP contribution in [0, 0.1) is 0 Å². The lowest BCUT2D eigenvalue weighted by Crippen LogP contribution is -2.35. The van der Waals surface area contributed by atoms with Crippen molar-refractivity contribution >= 4 is 35.1 Å². The van der Waals surface area contributed by atoms with E-state index in [0.29, 0.717) is 22.7 Å². The Morgan fingerprint density at radius 1 is 1.59 bits per heavy atom. The Kier molecular flexibility index (Phi) is 5.50. The Morgan fingerprint density at radius 3 is 2.88 bits per heavy atom. The normalized spacial score (nSPS) is 10.1. The molecule has 1 N–H and O–H groups in total. The van der Waals surface area contributed by atoms with Gasteiger partial charge in [-0.1, -0.05) is 23.4 Å². The van der Waals surface area contributed by atoms with Crippen molar-refractivity contribution in [1.29, 1.82) is 0 Å². The standard InChI is InChI=1S/C10H15ClN4OS/c1-4-12-9(16)6-15(2)8-5-7(11)13-10(14-8)17-3/h5H,4,6H2,1-3H3,(H,12,16). The Hall–Kier alpha value is -1.01. The molecule has 17 heavy (non-hydrogen) atoms. The van der Waals surface area contributed by atoms with Gasteiger partial charge in [0.05, 0.1) is 6.54 Å². The number of hydrogen-bond acceptors (Lipinski definition) is 5. The Morgan fingerprint density at radius 2 is 2.29 bits per heavy atom. The zero-order valence-corrected chi connectivity index (χ0v) is 11.6. The van der Waals surface area contributed by atoms with Crippen LogP contribution < -0.4 is 10.2 Å². The van der Waals surface area contributed by atoms with Crippen LogP contribution >= 0.6 is 23.4 Å². The van der Waals surface area contributed by atoms with Gasteiger partial charge in [-0.05, 0) is 13.2 Å². The monoisotopic (exact) mass is 274 g/mol. The fourth-order valence-electron chi connectivity index (χ4n) is 1.22. The molecule has 0 aliphatic rings. The van der Waals surface area contributed by atoms with Gasteiger partial charge in [0.15, 0.2) is 5.16 Å². The number of amides is 1. The highest BCUT2D eigenvalue weighted by molar-refractivity contribution is 7.98. The van der Waals surface area contributed by atoms with Crippen LogP contribution in [0.2, 0.25) is 5.15 Å². The molecule has 0 atom stereocenters. The molecule has 1 amide bonds. The zero-order valence-electron chi connectivity index (χ0n) is 10.0. The second-order valence-electron chi connectivity index (χ2n) is 3.35. The minimum atomic E-state index is -0.0459. The van der Waals surface area contributed by atoms with Crippen molar-refractivity contribution in [1.82, 2.24) is 15.3 Å². The van der Waals surface area contributed by atoms with E-state index >= 15 is 0 Å². The highest BCUT2D eigenvalue weighted by atomic mass is 35.5. The first-order chi connectivity index (χ1) is 8.06. The summed E-state index contributed by atoms with van der Waals surface area (Å²) in [6.07, 6.45) is 1.87. The van der Waals surface area contributed by atoms with E-state index in [4.69, 9.17) is 11.6 Å². The molecule has 0 saturated heterocycles. The van der Waals surface area contributed by atoms with Gasteiger partial charge in [0.1, 0.15) is 11.0 Å². The smallest absolute Gasteiger partial charge is 0.239 e. The quantitative estimate of drug-likeness (QED) is 0.500. The van der Waals surface area contributed by atoms with Gasteiger partial charge in [-0.3, -0.25) is 4.79 Å². The van der Waals surface area contributed by atoms with Gasteiger partial charge in [-0.15, -0.1) is 0 Å². The van der Waals surface area contributed by atoms with Gasteiger partial charge in [0, 0.05) is 19.7 Å². The van der Waals surface area contributed by atoms with Crippen LogP contribution in [-0.4, -0.2) is 42.3 Å². The number of rotatable bonds is 5. The fraction of sp³-hybridized carbons (Fsp3) is 0.500. The Labute approximate surface area is 110 Å². The highest BCUT2D eigenvalue weighted by Gasteiger charge is 2.10. The number of carbonyl (C=O) groups is 1. The summed E-state index contributed by atoms with van der Waals surface area (Å²) < 4.78 is 0. The second-order valence-corrected chi connectivity index (χ2v) is 4.51. The summed E-state index contributed by atoms with van der Waals surface area (Å²) in [5.41, 5.74) is 0. The van der Waals surface area contributed by atoms with Crippen LogP contribution in [0.15, 0.2) is 11.2 Å². The zero-order chi connectivity index (χ0) is 12.8. The van der Waals surface area contributed by atoms with Gasteiger partial charge in [0.25, 0.3) is 0 Å². The maximum Gasteiger partial charge on any atom is 0.239 e. The summed E-state index contributed by atoms with van der Waals surface area (Å²) in [4.78, 5) is 21.5. The maximum absolute atomic E-state index is 11.4. The number of likely N-dealkylation sites (N-methyl/N-ethyl adjacent to an activating group) is 2. The van der Waals surface area contributed by atoms with Crippen LogP contribution in [0.3, 0.4) is 0 Å². The average molecular weight is 275 g/mol. The van der Waals surface area contributed by atoms with Crippen molar-refractivity contribution in [2.24, 2.45) is 0 Å². The molecule has 1 aromatic rings. The largest absolute Gasteiger partial charge is 0.355 e. The number of nitrogens with one attached hydrogen (secondary N) is 1. The molecule has 0 fully saturated rings. The minimum absolute atomic E-state index is 0.0459. The number of hydrogen-bond donors (Lipinski definition) is 1. The highest BCUT2D eigenvalue weighted by Crippen LogP contribution is 2.19. The molecular formula is C10H15ClN4OS. The van der Waals surface area contributed by atoms with Crippen LogP contribution in [0.1, 0.15) is 6.92 Å². The fourth-order valence-corrected chi connectivity index (χ4v) is 1.82. The first-order valence-corrected chi connectivity index (χ1v) is 6.73. The molecule has 0 unspecified atom stereocenters. The van der Waals surface area contributed by atoms with Gasteiger partial charge < -0.3 is 10.2 Å². The lowest BCUT2D eigenvalue weighted by atomic mass is 10.4. The van der Waals surface area contributed by atoms with Crippen molar-refractivity contribution in [2.75, 3.05) is 31.3 Å². The summed E-state index contributed by atoms with van der Waals surface area (Å²) >= 11 is 7.29. The number of nitrogens with zero attached hydrogens (tertiary/aromatic N) is 3. The molecule has 0 bridgehead atoms. The first-order valence-electron chi connectivity index (χ1n) is 5.13. The van der Waals surface area contributed by atoms with Crippen LogP contribution in [0.4, 0.5) is 5.82 Å². The van der Waals surface area contributed by atoms with Gasteiger partial charge in [0.2, 0.25) is 5.91 Å². The SMILES string of the molecule is CCNC(=O)CN(C)c1cc(Cl)nc(SC)n1. The number of anilines is 1. The molecule has 5 nitrogen and oxygen atoms in total. The van der Waals surface area contributed by atoms with Crippen LogP contribution in [0.25, 0.3) is 0 Å². The predicted molar refractivity (Wildman–Crippen MR) is 70.8 cm³/mol. The molecule has 7 heteroatoms. The van der Waals surface area contributed by atoms with Crippen molar-refractivity contribution < 1.29 is 4.79 Å². The van der Waals surface area contributed by atoms with E-state index in [1.807, 2.05) is 13.2 Å². The third-order valence-electron chi connectivity index (χ3n) is 1.99. The van der Waals surface area contributed by atoms with E-state index < -0.39 is 0 Å². The average Bonchev–Trinajstić information content (AvgIpc) is 2.28. The van der Waals surface area contributed by atoms with E-state index in [1.54, 1.807) is 18.0 Å². The van der Waals surface area contributed by atoms with E-state index in [9.17, 15) is 4.79 Å². The molecule has 94 valence electrons. The van der Waals surface area contributed by atoms with Crippen molar-refractivity contribution in [3.05, 3.63) is 11.2 Å². The topological polar surface area (TPSA) is 58.1 Å². The summed E-state index contributed by atoms with van der Waals surface area (Å²) in [5.74, 6) is 0.594. The van der Waals surface area contributed by atoms with Gasteiger partial charge >= 0.3 is 0 Å². The summed E-state index contributed by atoms with van der Waals surface area (Å²) in [6.45, 7) is 2.74. The maximum atomic E-state index is 11.4. The Balaban J connectivity index is 2.77. The van der Waals surface area contributed by atoms with E-state index in [2.05, 4.69) is 15.3 Å².